The van der Waals surface area contributed by atoms with Crippen molar-refractivity contribution in [2.24, 2.45) is 0 Å². The molecule has 0 spiro atoms. The second kappa shape index (κ2) is 4.94. The lowest BCUT2D eigenvalue weighted by Crippen LogP contribution is -2.28. The van der Waals surface area contributed by atoms with E-state index in [4.69, 9.17) is 17.3 Å². The molecule has 1 unspecified atom stereocenters. The van der Waals surface area contributed by atoms with Gasteiger partial charge in [-0.05, 0) is 32.3 Å². The fraction of sp³-hybridized carbons (Fsp3) is 0.538. The highest BCUT2D eigenvalue weighted by Gasteiger charge is 2.26. The molecule has 5 heteroatoms. The number of nitrogens with zero attached hydrogens (tertiary/aromatic N) is 1. The van der Waals surface area contributed by atoms with Crippen LogP contribution in [0, 0.1) is 5.82 Å². The van der Waals surface area contributed by atoms with Crippen LogP contribution in [0.5, 0.6) is 0 Å². The Labute approximate surface area is 111 Å². The molecule has 100 valence electrons. The summed E-state index contributed by atoms with van der Waals surface area (Å²) < 4.78 is 13.5. The van der Waals surface area contributed by atoms with Gasteiger partial charge in [0.05, 0.1) is 22.0 Å². The fourth-order valence-electron chi connectivity index (χ4n) is 2.33. The minimum atomic E-state index is -0.644. The summed E-state index contributed by atoms with van der Waals surface area (Å²) in [6, 6.07) is 2.81. The minimum absolute atomic E-state index is 0.0399. The van der Waals surface area contributed by atoms with Crippen molar-refractivity contribution in [3.63, 3.8) is 0 Å². The molecule has 1 aliphatic heterocycles. The number of hydrogen-bond acceptors (Lipinski definition) is 3. The highest BCUT2D eigenvalue weighted by molar-refractivity contribution is 6.31. The number of nitrogen functional groups attached to an aromatic ring is 1. The average molecular weight is 273 g/mol. The van der Waals surface area contributed by atoms with Gasteiger partial charge < -0.3 is 15.7 Å². The molecular formula is C13H18ClFN2O. The van der Waals surface area contributed by atoms with Gasteiger partial charge in [0.1, 0.15) is 5.82 Å². The molecule has 3 nitrogen and oxygen atoms in total. The van der Waals surface area contributed by atoms with E-state index in [-0.39, 0.29) is 5.02 Å². The van der Waals surface area contributed by atoms with Gasteiger partial charge in [0, 0.05) is 19.2 Å². The summed E-state index contributed by atoms with van der Waals surface area (Å²) in [4.78, 5) is 2.01. The van der Waals surface area contributed by atoms with Gasteiger partial charge in [0.2, 0.25) is 0 Å². The smallest absolute Gasteiger partial charge is 0.144 e. The molecule has 1 aromatic rings. The molecule has 0 saturated carbocycles. The maximum atomic E-state index is 13.5. The van der Waals surface area contributed by atoms with Gasteiger partial charge in [-0.15, -0.1) is 0 Å². The molecule has 1 heterocycles. The summed E-state index contributed by atoms with van der Waals surface area (Å²) in [7, 11) is 0. The molecule has 1 fully saturated rings. The van der Waals surface area contributed by atoms with E-state index in [2.05, 4.69) is 0 Å². The van der Waals surface area contributed by atoms with Crippen molar-refractivity contribution in [3.8, 4) is 0 Å². The van der Waals surface area contributed by atoms with E-state index >= 15 is 0 Å². The fourth-order valence-corrected chi connectivity index (χ4v) is 2.50. The maximum Gasteiger partial charge on any atom is 0.144 e. The van der Waals surface area contributed by atoms with E-state index in [1.54, 1.807) is 0 Å². The first-order valence-electron chi connectivity index (χ1n) is 6.11. The van der Waals surface area contributed by atoms with Crippen molar-refractivity contribution < 1.29 is 9.50 Å². The Hall–Kier alpha value is -1.00. The molecule has 1 aromatic carbocycles. The molecule has 0 aliphatic carbocycles. The van der Waals surface area contributed by atoms with Gasteiger partial charge in [0.25, 0.3) is 0 Å². The third kappa shape index (κ3) is 2.87. The molecule has 0 radical (unpaired) electrons. The number of halogens is 2. The zero-order chi connectivity index (χ0) is 13.3. The molecular weight excluding hydrogens is 255 g/mol. The van der Waals surface area contributed by atoms with E-state index in [9.17, 15) is 9.50 Å². The first-order valence-corrected chi connectivity index (χ1v) is 6.49. The first-order chi connectivity index (χ1) is 8.39. The van der Waals surface area contributed by atoms with Crippen LogP contribution in [0.2, 0.25) is 5.02 Å². The van der Waals surface area contributed by atoms with Gasteiger partial charge in [0.15, 0.2) is 0 Å². The molecule has 3 N–H and O–H groups in total. The third-order valence-electron chi connectivity index (χ3n) is 3.47. The third-order valence-corrected chi connectivity index (χ3v) is 3.76. The number of benzene rings is 1. The quantitative estimate of drug-likeness (QED) is 0.773. The Morgan fingerprint density at radius 3 is 2.83 bits per heavy atom. The first kappa shape index (κ1) is 13.4. The molecule has 1 aliphatic rings. The SMILES string of the molecule is CC1(O)CCCN(c2cc(F)c(Cl)cc2N)CC1. The van der Waals surface area contributed by atoms with E-state index < -0.39 is 11.4 Å². The Morgan fingerprint density at radius 2 is 2.11 bits per heavy atom. The Kier molecular flexibility index (Phi) is 3.69. The predicted octanol–water partition coefficient (Wildman–Crippen LogP) is 2.80. The standard InChI is InChI=1S/C13H18ClFN2O/c1-13(18)3-2-5-17(6-4-13)12-8-10(15)9(14)7-11(12)16/h7-8,18H,2-6,16H2,1H3. The lowest BCUT2D eigenvalue weighted by Gasteiger charge is -2.25. The second-order valence-electron chi connectivity index (χ2n) is 5.16. The van der Waals surface area contributed by atoms with E-state index in [0.29, 0.717) is 24.3 Å². The van der Waals surface area contributed by atoms with Crippen molar-refractivity contribution in [1.82, 2.24) is 0 Å². The van der Waals surface area contributed by atoms with Crippen molar-refractivity contribution in [3.05, 3.63) is 23.0 Å². The maximum absolute atomic E-state index is 13.5. The molecule has 2 rings (SSSR count). The number of anilines is 2. The van der Waals surface area contributed by atoms with Gasteiger partial charge in [-0.2, -0.15) is 0 Å². The highest BCUT2D eigenvalue weighted by Crippen LogP contribution is 2.32. The number of rotatable bonds is 1. The van der Waals surface area contributed by atoms with Gasteiger partial charge in [-0.1, -0.05) is 11.6 Å². The van der Waals surface area contributed by atoms with Crippen LogP contribution in [0.3, 0.4) is 0 Å². The van der Waals surface area contributed by atoms with Crippen molar-refractivity contribution in [1.29, 1.82) is 0 Å². The molecule has 0 aromatic heterocycles. The number of hydrogen-bond donors (Lipinski definition) is 2. The van der Waals surface area contributed by atoms with Crippen molar-refractivity contribution in [2.45, 2.75) is 31.8 Å². The summed E-state index contributed by atoms with van der Waals surface area (Å²) in [5, 5.41) is 10.1. The van der Waals surface area contributed by atoms with Crippen LogP contribution in [0.15, 0.2) is 12.1 Å². The van der Waals surface area contributed by atoms with Crippen LogP contribution < -0.4 is 10.6 Å². The number of aliphatic hydroxyl groups is 1. The average Bonchev–Trinajstić information content (AvgIpc) is 2.45. The largest absolute Gasteiger partial charge is 0.397 e. The predicted molar refractivity (Wildman–Crippen MR) is 72.5 cm³/mol. The number of nitrogens with two attached hydrogens (primary N) is 1. The van der Waals surface area contributed by atoms with Gasteiger partial charge >= 0.3 is 0 Å². The monoisotopic (exact) mass is 272 g/mol. The Balaban J connectivity index is 2.24. The molecule has 0 amide bonds. The highest BCUT2D eigenvalue weighted by atomic mass is 35.5. The molecule has 1 atom stereocenters. The Morgan fingerprint density at radius 1 is 1.39 bits per heavy atom. The van der Waals surface area contributed by atoms with Gasteiger partial charge in [-0.25, -0.2) is 4.39 Å². The second-order valence-corrected chi connectivity index (χ2v) is 5.57. The van der Waals surface area contributed by atoms with Crippen LogP contribution in [-0.2, 0) is 0 Å². The normalized spacial score (nSPS) is 25.0. The lowest BCUT2D eigenvalue weighted by molar-refractivity contribution is 0.0481. The van der Waals surface area contributed by atoms with Gasteiger partial charge in [-0.3, -0.25) is 0 Å². The van der Waals surface area contributed by atoms with Crippen LogP contribution in [0.1, 0.15) is 26.2 Å². The van der Waals surface area contributed by atoms with Crippen LogP contribution in [0.4, 0.5) is 15.8 Å². The summed E-state index contributed by atoms with van der Waals surface area (Å²) in [5.74, 6) is -0.461. The van der Waals surface area contributed by atoms with Crippen LogP contribution >= 0.6 is 11.6 Å². The zero-order valence-corrected chi connectivity index (χ0v) is 11.2. The summed E-state index contributed by atoms with van der Waals surface area (Å²) in [6.45, 7) is 3.27. The van der Waals surface area contributed by atoms with E-state index in [1.807, 2.05) is 11.8 Å². The summed E-state index contributed by atoms with van der Waals surface area (Å²) in [6.07, 6.45) is 2.26. The van der Waals surface area contributed by atoms with E-state index in [0.717, 1.165) is 19.4 Å². The van der Waals surface area contributed by atoms with E-state index in [1.165, 1.54) is 12.1 Å². The molecule has 1 saturated heterocycles. The Bertz CT molecular complexity index is 451. The molecule has 18 heavy (non-hydrogen) atoms. The van der Waals surface area contributed by atoms with Crippen LogP contribution in [-0.4, -0.2) is 23.8 Å². The minimum Gasteiger partial charge on any atom is -0.397 e. The van der Waals surface area contributed by atoms with Crippen molar-refractivity contribution in [2.75, 3.05) is 23.7 Å². The lowest BCUT2D eigenvalue weighted by atomic mass is 9.98. The topological polar surface area (TPSA) is 49.5 Å². The zero-order valence-electron chi connectivity index (χ0n) is 10.4. The summed E-state index contributed by atoms with van der Waals surface area (Å²) >= 11 is 5.69. The summed E-state index contributed by atoms with van der Waals surface area (Å²) in [5.41, 5.74) is 6.38. The van der Waals surface area contributed by atoms with Crippen LogP contribution in [0.25, 0.3) is 0 Å². The van der Waals surface area contributed by atoms with Crippen molar-refractivity contribution >= 4 is 23.0 Å². The molecule has 0 bridgehead atoms.